The third kappa shape index (κ3) is 3.31. The maximum absolute atomic E-state index is 12.1. The number of nitrogens with one attached hydrogen (secondary N) is 1. The van der Waals surface area contributed by atoms with Gasteiger partial charge >= 0.3 is 5.97 Å². The zero-order valence-corrected chi connectivity index (χ0v) is 12.8. The van der Waals surface area contributed by atoms with Crippen molar-refractivity contribution in [2.75, 3.05) is 14.2 Å². The fraction of sp³-hybridized carbons (Fsp3) is 0.538. The van der Waals surface area contributed by atoms with Crippen LogP contribution in [0.15, 0.2) is 12.1 Å². The Balaban J connectivity index is 2.00. The molecule has 0 unspecified atom stereocenters. The van der Waals surface area contributed by atoms with Crippen LogP contribution in [0.1, 0.15) is 22.5 Å². The average Bonchev–Trinajstić information content (AvgIpc) is 3.04. The van der Waals surface area contributed by atoms with Crippen LogP contribution in [-0.4, -0.2) is 38.2 Å². The van der Waals surface area contributed by atoms with E-state index in [0.29, 0.717) is 22.1 Å². The summed E-state index contributed by atoms with van der Waals surface area (Å²) in [6.07, 6.45) is 0.897. The number of hydrogen-bond acceptors (Lipinski definition) is 5. The van der Waals surface area contributed by atoms with Crippen molar-refractivity contribution in [3.8, 4) is 0 Å². The molecule has 7 heteroatoms. The van der Waals surface area contributed by atoms with Crippen LogP contribution in [0.25, 0.3) is 0 Å². The number of methoxy groups -OCH3 is 2. The molecule has 5 nitrogen and oxygen atoms in total. The van der Waals surface area contributed by atoms with Gasteiger partial charge in [-0.2, -0.15) is 0 Å². The minimum absolute atomic E-state index is 0.182. The largest absolute Gasteiger partial charge is 0.469 e. The molecular formula is C13H16ClNO4S. The normalized spacial score (nSPS) is 25.4. The van der Waals surface area contributed by atoms with Gasteiger partial charge in [-0.15, -0.1) is 11.3 Å². The van der Waals surface area contributed by atoms with Crippen LogP contribution in [0, 0.1) is 5.92 Å². The van der Waals surface area contributed by atoms with Crippen molar-refractivity contribution in [2.45, 2.75) is 25.0 Å². The molecule has 1 fully saturated rings. The molecule has 20 heavy (non-hydrogen) atoms. The molecule has 0 aromatic carbocycles. The lowest BCUT2D eigenvalue weighted by molar-refractivity contribution is -0.145. The van der Waals surface area contributed by atoms with E-state index in [0.717, 1.165) is 0 Å². The Morgan fingerprint density at radius 2 is 2.10 bits per heavy atom. The molecule has 0 aliphatic heterocycles. The molecule has 1 aromatic heterocycles. The monoisotopic (exact) mass is 317 g/mol. The van der Waals surface area contributed by atoms with Gasteiger partial charge in [0.1, 0.15) is 0 Å². The molecule has 0 bridgehead atoms. The number of rotatable bonds is 4. The van der Waals surface area contributed by atoms with E-state index in [1.807, 2.05) is 0 Å². The first kappa shape index (κ1) is 15.3. The lowest BCUT2D eigenvalue weighted by atomic mass is 10.1. The van der Waals surface area contributed by atoms with E-state index in [4.69, 9.17) is 21.1 Å². The highest BCUT2D eigenvalue weighted by atomic mass is 35.5. The Hall–Kier alpha value is -1.11. The summed E-state index contributed by atoms with van der Waals surface area (Å²) in [6, 6.07) is 3.16. The summed E-state index contributed by atoms with van der Waals surface area (Å²) in [5.74, 6) is -0.690. The number of thiophene rings is 1. The number of halogens is 1. The second-order valence-electron chi connectivity index (χ2n) is 4.65. The third-order valence-corrected chi connectivity index (χ3v) is 4.68. The third-order valence-electron chi connectivity index (χ3n) is 3.45. The van der Waals surface area contributed by atoms with Crippen molar-refractivity contribution in [2.24, 2.45) is 5.92 Å². The molecule has 0 radical (unpaired) electrons. The quantitative estimate of drug-likeness (QED) is 0.864. The molecule has 1 amide bonds. The first-order valence-electron chi connectivity index (χ1n) is 6.22. The summed E-state index contributed by atoms with van der Waals surface area (Å²) < 4.78 is 10.7. The molecule has 3 atom stereocenters. The van der Waals surface area contributed by atoms with E-state index in [9.17, 15) is 9.59 Å². The first-order valence-corrected chi connectivity index (χ1v) is 7.41. The van der Waals surface area contributed by atoms with Gasteiger partial charge in [-0.05, 0) is 25.0 Å². The maximum atomic E-state index is 12.1. The average molecular weight is 318 g/mol. The number of amides is 1. The highest BCUT2D eigenvalue weighted by Crippen LogP contribution is 2.30. The molecule has 1 saturated carbocycles. The molecule has 0 saturated heterocycles. The number of carbonyl (C=O) groups excluding carboxylic acids is 2. The minimum atomic E-state index is -0.261. The van der Waals surface area contributed by atoms with Gasteiger partial charge < -0.3 is 14.8 Å². The van der Waals surface area contributed by atoms with Gasteiger partial charge in [0, 0.05) is 7.11 Å². The predicted octanol–water partition coefficient (Wildman–Crippen LogP) is 2.10. The molecule has 1 aromatic rings. The van der Waals surface area contributed by atoms with Crippen LogP contribution < -0.4 is 5.32 Å². The predicted molar refractivity (Wildman–Crippen MR) is 76.1 cm³/mol. The summed E-state index contributed by atoms with van der Waals surface area (Å²) in [5, 5.41) is 2.90. The number of esters is 1. The van der Waals surface area contributed by atoms with Gasteiger partial charge in [0.15, 0.2) is 0 Å². The van der Waals surface area contributed by atoms with Crippen molar-refractivity contribution in [1.29, 1.82) is 0 Å². The van der Waals surface area contributed by atoms with E-state index in [-0.39, 0.29) is 29.9 Å². The zero-order valence-electron chi connectivity index (χ0n) is 11.2. The lowest BCUT2D eigenvalue weighted by Gasteiger charge is -2.18. The van der Waals surface area contributed by atoms with Crippen LogP contribution in [0.2, 0.25) is 4.34 Å². The van der Waals surface area contributed by atoms with Crippen molar-refractivity contribution in [1.82, 2.24) is 5.32 Å². The standard InChI is InChI=1S/C13H16ClNO4S/c1-18-9-6-7(13(17)19-2)5-8(9)15-12(16)10-3-4-11(14)20-10/h3-4,7-9H,5-6H2,1-2H3,(H,15,16)/t7-,8-,9-/m0/s1. The van der Waals surface area contributed by atoms with Crippen molar-refractivity contribution < 1.29 is 19.1 Å². The van der Waals surface area contributed by atoms with Gasteiger partial charge in [-0.1, -0.05) is 11.6 Å². The van der Waals surface area contributed by atoms with Crippen LogP contribution in [0.4, 0.5) is 0 Å². The summed E-state index contributed by atoms with van der Waals surface area (Å²) in [5.41, 5.74) is 0. The molecule has 0 spiro atoms. The second kappa shape index (κ2) is 6.56. The van der Waals surface area contributed by atoms with Crippen molar-refractivity contribution in [3.05, 3.63) is 21.3 Å². The summed E-state index contributed by atoms with van der Waals surface area (Å²) in [7, 11) is 2.94. The Bertz CT molecular complexity index is 504. The SMILES string of the molecule is COC(=O)[C@H]1C[C@H](NC(=O)c2ccc(Cl)s2)[C@@H](OC)C1. The van der Waals surface area contributed by atoms with E-state index in [1.165, 1.54) is 18.4 Å². The summed E-state index contributed by atoms with van der Waals surface area (Å²) >= 11 is 7.03. The number of carbonyl (C=O) groups is 2. The van der Waals surface area contributed by atoms with Gasteiger partial charge in [-0.25, -0.2) is 0 Å². The number of ether oxygens (including phenoxy) is 2. The van der Waals surface area contributed by atoms with E-state index < -0.39 is 0 Å². The molecule has 1 N–H and O–H groups in total. The van der Waals surface area contributed by atoms with Crippen LogP contribution in [-0.2, 0) is 14.3 Å². The summed E-state index contributed by atoms with van der Waals surface area (Å²) in [4.78, 5) is 24.2. The highest BCUT2D eigenvalue weighted by molar-refractivity contribution is 7.17. The smallest absolute Gasteiger partial charge is 0.308 e. The van der Waals surface area contributed by atoms with Crippen molar-refractivity contribution >= 4 is 34.8 Å². The topological polar surface area (TPSA) is 64.6 Å². The zero-order chi connectivity index (χ0) is 14.7. The van der Waals surface area contributed by atoms with Gasteiger partial charge in [0.2, 0.25) is 0 Å². The molecule has 1 aliphatic rings. The molecule has 110 valence electrons. The fourth-order valence-corrected chi connectivity index (χ4v) is 3.39. The molecular weight excluding hydrogens is 302 g/mol. The maximum Gasteiger partial charge on any atom is 0.308 e. The second-order valence-corrected chi connectivity index (χ2v) is 6.36. The van der Waals surface area contributed by atoms with Gasteiger partial charge in [0.05, 0.1) is 34.4 Å². The lowest BCUT2D eigenvalue weighted by Crippen LogP contribution is -2.40. The van der Waals surface area contributed by atoms with Crippen LogP contribution in [0.5, 0.6) is 0 Å². The van der Waals surface area contributed by atoms with Gasteiger partial charge in [-0.3, -0.25) is 9.59 Å². The fourth-order valence-electron chi connectivity index (χ4n) is 2.45. The minimum Gasteiger partial charge on any atom is -0.469 e. The van der Waals surface area contributed by atoms with Gasteiger partial charge in [0.25, 0.3) is 5.91 Å². The van der Waals surface area contributed by atoms with Crippen LogP contribution >= 0.6 is 22.9 Å². The Morgan fingerprint density at radius 1 is 1.35 bits per heavy atom. The Labute approximate surface area is 126 Å². The van der Waals surface area contributed by atoms with Crippen molar-refractivity contribution in [3.63, 3.8) is 0 Å². The molecule has 1 aliphatic carbocycles. The van der Waals surface area contributed by atoms with Crippen LogP contribution in [0.3, 0.4) is 0 Å². The summed E-state index contributed by atoms with van der Waals surface area (Å²) in [6.45, 7) is 0. The molecule has 2 rings (SSSR count). The Morgan fingerprint density at radius 3 is 2.65 bits per heavy atom. The Kier molecular flexibility index (Phi) is 5.01. The van der Waals surface area contributed by atoms with E-state index in [1.54, 1.807) is 19.2 Å². The van der Waals surface area contributed by atoms with E-state index >= 15 is 0 Å². The number of hydrogen-bond donors (Lipinski definition) is 1. The highest BCUT2D eigenvalue weighted by Gasteiger charge is 2.39. The van der Waals surface area contributed by atoms with E-state index in [2.05, 4.69) is 5.32 Å². The molecule has 1 heterocycles. The first-order chi connectivity index (χ1) is 9.55.